The number of anilines is 1. The monoisotopic (exact) mass is 461 g/mol. The van der Waals surface area contributed by atoms with Crippen LogP contribution in [0.5, 0.6) is 5.75 Å². The summed E-state index contributed by atoms with van der Waals surface area (Å²) in [5.41, 5.74) is 1.90. The Bertz CT molecular complexity index is 1190. The van der Waals surface area contributed by atoms with E-state index in [2.05, 4.69) is 15.4 Å². The highest BCUT2D eigenvalue weighted by atomic mass is 19.4. The third-order valence-corrected chi connectivity index (χ3v) is 4.53. The number of aryl methyl sites for hydroxylation is 2. The zero-order chi connectivity index (χ0) is 24.2. The number of ether oxygens (including phenoxy) is 1. The molecule has 1 N–H and O–H groups in total. The van der Waals surface area contributed by atoms with E-state index < -0.39 is 18.6 Å². The first kappa shape index (κ1) is 23.7. The van der Waals surface area contributed by atoms with Gasteiger partial charge in [-0.2, -0.15) is 23.5 Å². The highest BCUT2D eigenvalue weighted by Crippen LogP contribution is 2.27. The molecule has 0 aliphatic carbocycles. The minimum absolute atomic E-state index is 0.0147. The molecule has 172 valence electrons. The number of nitrogens with one attached hydrogen (secondary N) is 1. The van der Waals surface area contributed by atoms with Gasteiger partial charge in [0.1, 0.15) is 11.8 Å². The molecule has 0 radical (unpaired) electrons. The average molecular weight is 461 g/mol. The van der Waals surface area contributed by atoms with E-state index in [1.807, 2.05) is 0 Å². The SMILES string of the molecule is Cc1cc(CC(=O)Nc2ccn(Cc3cc(C#N)c(F)cn3)n2)cc(C)c1OCC(F)(F)F. The number of carbonyl (C=O) groups is 1. The van der Waals surface area contributed by atoms with Gasteiger partial charge in [-0.1, -0.05) is 12.1 Å². The second-order valence-electron chi connectivity index (χ2n) is 7.35. The zero-order valence-electron chi connectivity index (χ0n) is 17.7. The van der Waals surface area contributed by atoms with Crippen LogP contribution in [0.2, 0.25) is 0 Å². The molecule has 0 atom stereocenters. The highest BCUT2D eigenvalue weighted by molar-refractivity contribution is 5.91. The van der Waals surface area contributed by atoms with Crippen molar-refractivity contribution in [2.75, 3.05) is 11.9 Å². The minimum atomic E-state index is -4.44. The standard InChI is InChI=1S/C22H19F4N5O2/c1-13-5-15(6-14(2)21(13)33-12-22(24,25)26)7-20(32)29-19-3-4-31(30-19)11-17-8-16(9-27)18(23)10-28-17/h3-6,8,10H,7,11-12H2,1-2H3,(H,29,30,32). The molecule has 3 rings (SSSR count). The Hall–Kier alpha value is -3.94. The van der Waals surface area contributed by atoms with Gasteiger partial charge in [0, 0.05) is 12.3 Å². The Balaban J connectivity index is 1.61. The average Bonchev–Trinajstić information content (AvgIpc) is 3.14. The molecule has 2 heterocycles. The number of alkyl halides is 3. The van der Waals surface area contributed by atoms with Crippen molar-refractivity contribution in [1.82, 2.24) is 14.8 Å². The van der Waals surface area contributed by atoms with Crippen LogP contribution in [-0.4, -0.2) is 33.5 Å². The van der Waals surface area contributed by atoms with Crippen molar-refractivity contribution in [2.45, 2.75) is 33.0 Å². The summed E-state index contributed by atoms with van der Waals surface area (Å²) in [6, 6.07) is 7.83. The molecular weight excluding hydrogens is 442 g/mol. The van der Waals surface area contributed by atoms with Gasteiger partial charge >= 0.3 is 6.18 Å². The fraction of sp³-hybridized carbons (Fsp3) is 0.273. The summed E-state index contributed by atoms with van der Waals surface area (Å²) in [4.78, 5) is 16.3. The van der Waals surface area contributed by atoms with E-state index in [9.17, 15) is 22.4 Å². The Morgan fingerprint density at radius 2 is 1.94 bits per heavy atom. The van der Waals surface area contributed by atoms with Crippen LogP contribution >= 0.6 is 0 Å². The number of aromatic nitrogens is 3. The van der Waals surface area contributed by atoms with E-state index >= 15 is 0 Å². The van der Waals surface area contributed by atoms with Crippen molar-refractivity contribution in [2.24, 2.45) is 0 Å². The van der Waals surface area contributed by atoms with Crippen LogP contribution in [0.25, 0.3) is 0 Å². The normalized spacial score (nSPS) is 11.2. The maximum absolute atomic E-state index is 13.4. The lowest BCUT2D eigenvalue weighted by Gasteiger charge is -2.15. The molecule has 7 nitrogen and oxygen atoms in total. The number of carbonyl (C=O) groups excluding carboxylic acids is 1. The maximum atomic E-state index is 13.4. The van der Waals surface area contributed by atoms with Crippen LogP contribution in [0.15, 0.2) is 36.7 Å². The second-order valence-corrected chi connectivity index (χ2v) is 7.35. The van der Waals surface area contributed by atoms with Crippen LogP contribution in [0.4, 0.5) is 23.4 Å². The number of halogens is 4. The number of hydrogen-bond donors (Lipinski definition) is 1. The van der Waals surface area contributed by atoms with Crippen LogP contribution in [-0.2, 0) is 17.8 Å². The Morgan fingerprint density at radius 1 is 1.24 bits per heavy atom. The third-order valence-electron chi connectivity index (χ3n) is 4.53. The lowest BCUT2D eigenvalue weighted by molar-refractivity contribution is -0.153. The topological polar surface area (TPSA) is 92.8 Å². The summed E-state index contributed by atoms with van der Waals surface area (Å²) in [7, 11) is 0. The Morgan fingerprint density at radius 3 is 2.58 bits per heavy atom. The summed E-state index contributed by atoms with van der Waals surface area (Å²) >= 11 is 0. The predicted molar refractivity (Wildman–Crippen MR) is 110 cm³/mol. The van der Waals surface area contributed by atoms with Crippen molar-refractivity contribution in [3.8, 4) is 11.8 Å². The maximum Gasteiger partial charge on any atom is 0.422 e. The molecule has 0 saturated heterocycles. The van der Waals surface area contributed by atoms with Gasteiger partial charge in [-0.15, -0.1) is 0 Å². The van der Waals surface area contributed by atoms with Gasteiger partial charge < -0.3 is 10.1 Å². The van der Waals surface area contributed by atoms with E-state index in [0.717, 1.165) is 6.20 Å². The van der Waals surface area contributed by atoms with Gasteiger partial charge in [0.25, 0.3) is 0 Å². The number of hydrogen-bond acceptors (Lipinski definition) is 5. The smallest absolute Gasteiger partial charge is 0.422 e. The van der Waals surface area contributed by atoms with Crippen molar-refractivity contribution < 1.29 is 27.1 Å². The molecular formula is C22H19F4N5O2. The van der Waals surface area contributed by atoms with Crippen molar-refractivity contribution >= 4 is 11.7 Å². The van der Waals surface area contributed by atoms with Gasteiger partial charge in [-0.05, 0) is 36.6 Å². The highest BCUT2D eigenvalue weighted by Gasteiger charge is 2.29. The summed E-state index contributed by atoms with van der Waals surface area (Å²) in [5.74, 6) is -0.653. The van der Waals surface area contributed by atoms with Gasteiger partial charge in [0.05, 0.1) is 30.4 Å². The number of pyridine rings is 1. The third kappa shape index (κ3) is 6.52. The quantitative estimate of drug-likeness (QED) is 0.536. The molecule has 1 aromatic carbocycles. The van der Waals surface area contributed by atoms with Gasteiger partial charge in [-0.3, -0.25) is 14.5 Å². The van der Waals surface area contributed by atoms with Gasteiger partial charge in [-0.25, -0.2) is 4.39 Å². The molecule has 0 aliphatic heterocycles. The second kappa shape index (κ2) is 9.68. The molecule has 0 spiro atoms. The number of amides is 1. The summed E-state index contributed by atoms with van der Waals surface area (Å²) in [6.07, 6.45) is -1.90. The van der Waals surface area contributed by atoms with E-state index in [0.29, 0.717) is 22.4 Å². The van der Waals surface area contributed by atoms with E-state index in [-0.39, 0.29) is 36.0 Å². The molecule has 2 aromatic heterocycles. The lowest BCUT2D eigenvalue weighted by atomic mass is 10.0. The van der Waals surface area contributed by atoms with E-state index in [1.54, 1.807) is 44.3 Å². The van der Waals surface area contributed by atoms with Crippen LogP contribution in [0.1, 0.15) is 27.9 Å². The van der Waals surface area contributed by atoms with Crippen LogP contribution in [0, 0.1) is 31.0 Å². The van der Waals surface area contributed by atoms with Gasteiger partial charge in [0.15, 0.2) is 18.2 Å². The number of nitrogens with zero attached hydrogens (tertiary/aromatic N) is 4. The molecule has 0 bridgehead atoms. The predicted octanol–water partition coefficient (Wildman–Crippen LogP) is 4.08. The molecule has 33 heavy (non-hydrogen) atoms. The van der Waals surface area contributed by atoms with Crippen molar-refractivity contribution in [3.63, 3.8) is 0 Å². The van der Waals surface area contributed by atoms with E-state index in [4.69, 9.17) is 10.00 Å². The lowest BCUT2D eigenvalue weighted by Crippen LogP contribution is -2.20. The number of benzene rings is 1. The molecule has 0 unspecified atom stereocenters. The summed E-state index contributed by atoms with van der Waals surface area (Å²) in [6.45, 7) is 2.01. The summed E-state index contributed by atoms with van der Waals surface area (Å²) in [5, 5.41) is 15.7. The Labute approximate surface area is 186 Å². The first-order valence-electron chi connectivity index (χ1n) is 9.71. The molecule has 0 aliphatic rings. The minimum Gasteiger partial charge on any atom is -0.484 e. The fourth-order valence-electron chi connectivity index (χ4n) is 3.23. The number of rotatable bonds is 7. The van der Waals surface area contributed by atoms with Crippen molar-refractivity contribution in [3.05, 3.63) is 70.4 Å². The first-order valence-corrected chi connectivity index (χ1v) is 9.71. The molecule has 1 amide bonds. The molecule has 0 fully saturated rings. The van der Waals surface area contributed by atoms with Crippen LogP contribution < -0.4 is 10.1 Å². The van der Waals surface area contributed by atoms with E-state index in [1.165, 1.54) is 10.7 Å². The van der Waals surface area contributed by atoms with Gasteiger partial charge in [0.2, 0.25) is 5.91 Å². The fourth-order valence-corrected chi connectivity index (χ4v) is 3.23. The zero-order valence-corrected chi connectivity index (χ0v) is 17.7. The first-order chi connectivity index (χ1) is 15.5. The molecule has 3 aromatic rings. The van der Waals surface area contributed by atoms with Crippen LogP contribution in [0.3, 0.4) is 0 Å². The number of nitriles is 1. The molecule has 11 heteroatoms. The Kier molecular flexibility index (Phi) is 6.96. The summed E-state index contributed by atoms with van der Waals surface area (Å²) < 4.78 is 57.0. The molecule has 0 saturated carbocycles. The largest absolute Gasteiger partial charge is 0.484 e. The van der Waals surface area contributed by atoms with Crippen molar-refractivity contribution in [1.29, 1.82) is 5.26 Å².